The zero-order chi connectivity index (χ0) is 24.7. The summed E-state index contributed by atoms with van der Waals surface area (Å²) in [4.78, 5) is 31.5. The Balaban J connectivity index is 1.48. The molecule has 2 aliphatic rings. The lowest BCUT2D eigenvalue weighted by molar-refractivity contribution is -0.118. The minimum Gasteiger partial charge on any atom is -0.480 e. The molecule has 3 aromatic rings. The molecule has 1 N–H and O–H groups in total. The average molecular weight is 475 g/mol. The lowest BCUT2D eigenvalue weighted by atomic mass is 9.92. The lowest BCUT2D eigenvalue weighted by Crippen LogP contribution is -2.39. The molecule has 1 aromatic carbocycles. The number of benzene rings is 1. The number of Topliss-reactive ketones (excluding diaryl/α,β-unsaturated/α-hetero) is 1. The first-order valence-corrected chi connectivity index (χ1v) is 12.6. The number of fused-ring (bicyclic) bond motifs is 1. The van der Waals surface area contributed by atoms with Gasteiger partial charge in [0.2, 0.25) is 0 Å². The highest BCUT2D eigenvalue weighted by molar-refractivity contribution is 5.85. The topological polar surface area (TPSA) is 76.5 Å². The van der Waals surface area contributed by atoms with E-state index < -0.39 is 0 Å². The number of hydrogen-bond acceptors (Lipinski definition) is 6. The number of ether oxygens (including phenoxy) is 1. The van der Waals surface area contributed by atoms with Gasteiger partial charge in [-0.25, -0.2) is 4.98 Å². The van der Waals surface area contributed by atoms with E-state index in [9.17, 15) is 9.59 Å². The number of anilines is 3. The smallest absolute Gasteiger partial charge is 0.293 e. The van der Waals surface area contributed by atoms with Crippen LogP contribution < -0.4 is 20.5 Å². The van der Waals surface area contributed by atoms with Crippen LogP contribution in [0, 0.1) is 11.8 Å². The molecule has 0 bridgehead atoms. The molecule has 7 nitrogen and oxygen atoms in total. The Kier molecular flexibility index (Phi) is 6.26. The van der Waals surface area contributed by atoms with Crippen molar-refractivity contribution in [1.29, 1.82) is 0 Å². The Bertz CT molecular complexity index is 1320. The van der Waals surface area contributed by atoms with Gasteiger partial charge in [-0.15, -0.1) is 0 Å². The number of ketones is 1. The van der Waals surface area contributed by atoms with E-state index in [2.05, 4.69) is 36.2 Å². The molecule has 2 fully saturated rings. The van der Waals surface area contributed by atoms with E-state index >= 15 is 0 Å². The molecule has 0 spiro atoms. The van der Waals surface area contributed by atoms with Gasteiger partial charge in [0.25, 0.3) is 5.56 Å². The fraction of sp³-hybridized carbons (Fsp3) is 0.464. The molecular weight excluding hydrogens is 440 g/mol. The van der Waals surface area contributed by atoms with Crippen LogP contribution in [0.4, 0.5) is 17.3 Å². The standard InChI is InChI=1S/C28H34N4O3/c1-17-11-18(2)15-32(14-17)26-10-8-23(20-5-6-20)27(30-26)29-22-7-9-24-21(12-22)13-25(28(34)31(24)4)35-16-19(3)33/h7-10,12-13,17-18,20H,5-6,11,14-16H2,1-4H3,(H,29,30)/t17-,18+. The molecule has 1 aliphatic heterocycles. The molecular formula is C28H34N4O3. The van der Waals surface area contributed by atoms with E-state index in [0.717, 1.165) is 41.3 Å². The predicted molar refractivity (Wildman–Crippen MR) is 140 cm³/mol. The first-order chi connectivity index (χ1) is 16.8. The van der Waals surface area contributed by atoms with Crippen LogP contribution >= 0.6 is 0 Å². The Morgan fingerprint density at radius 3 is 2.54 bits per heavy atom. The Morgan fingerprint density at radius 1 is 1.11 bits per heavy atom. The number of carbonyl (C=O) groups is 1. The van der Waals surface area contributed by atoms with Gasteiger partial charge in [-0.05, 0) is 79.8 Å². The van der Waals surface area contributed by atoms with E-state index in [4.69, 9.17) is 9.72 Å². The van der Waals surface area contributed by atoms with Crippen molar-refractivity contribution in [2.75, 3.05) is 29.9 Å². The molecule has 0 unspecified atom stereocenters. The summed E-state index contributed by atoms with van der Waals surface area (Å²) in [6, 6.07) is 12.1. The summed E-state index contributed by atoms with van der Waals surface area (Å²) in [5, 5.41) is 4.43. The monoisotopic (exact) mass is 474 g/mol. The van der Waals surface area contributed by atoms with E-state index in [0.29, 0.717) is 17.8 Å². The fourth-order valence-corrected chi connectivity index (χ4v) is 5.26. The van der Waals surface area contributed by atoms with Gasteiger partial charge < -0.3 is 19.5 Å². The highest BCUT2D eigenvalue weighted by Gasteiger charge is 2.29. The van der Waals surface area contributed by atoms with E-state index in [1.165, 1.54) is 31.7 Å². The van der Waals surface area contributed by atoms with Crippen molar-refractivity contribution in [3.8, 4) is 5.75 Å². The molecule has 7 heteroatoms. The number of carbonyl (C=O) groups excluding carboxylic acids is 1. The molecule has 35 heavy (non-hydrogen) atoms. The summed E-state index contributed by atoms with van der Waals surface area (Å²) in [7, 11) is 1.72. The van der Waals surface area contributed by atoms with Gasteiger partial charge in [-0.1, -0.05) is 19.9 Å². The van der Waals surface area contributed by atoms with Gasteiger partial charge in [0.15, 0.2) is 11.5 Å². The van der Waals surface area contributed by atoms with Crippen molar-refractivity contribution in [2.24, 2.45) is 18.9 Å². The highest BCUT2D eigenvalue weighted by atomic mass is 16.5. The first-order valence-electron chi connectivity index (χ1n) is 12.6. The second kappa shape index (κ2) is 9.36. The molecule has 5 rings (SSSR count). The van der Waals surface area contributed by atoms with Crippen LogP contribution in [0.2, 0.25) is 0 Å². The van der Waals surface area contributed by atoms with Crippen LogP contribution in [0.5, 0.6) is 5.75 Å². The lowest BCUT2D eigenvalue weighted by Gasteiger charge is -2.36. The van der Waals surface area contributed by atoms with Gasteiger partial charge in [0, 0.05) is 31.2 Å². The third-order valence-electron chi connectivity index (χ3n) is 7.01. The molecule has 0 amide bonds. The van der Waals surface area contributed by atoms with Crippen LogP contribution in [-0.2, 0) is 11.8 Å². The van der Waals surface area contributed by atoms with Gasteiger partial charge in [-0.2, -0.15) is 0 Å². The summed E-state index contributed by atoms with van der Waals surface area (Å²) >= 11 is 0. The van der Waals surface area contributed by atoms with Crippen LogP contribution in [0.1, 0.15) is 51.5 Å². The summed E-state index contributed by atoms with van der Waals surface area (Å²) in [5.41, 5.74) is 2.71. The summed E-state index contributed by atoms with van der Waals surface area (Å²) in [6.45, 7) is 8.03. The van der Waals surface area contributed by atoms with Crippen molar-refractivity contribution in [3.63, 3.8) is 0 Å². The number of nitrogens with one attached hydrogen (secondary N) is 1. The number of aryl methyl sites for hydroxylation is 1. The van der Waals surface area contributed by atoms with Gasteiger partial charge in [0.1, 0.15) is 18.2 Å². The van der Waals surface area contributed by atoms with E-state index in [-0.39, 0.29) is 23.7 Å². The summed E-state index contributed by atoms with van der Waals surface area (Å²) in [6.07, 6.45) is 3.66. The molecule has 3 heterocycles. The van der Waals surface area contributed by atoms with Crippen molar-refractivity contribution in [3.05, 3.63) is 52.3 Å². The van der Waals surface area contributed by atoms with E-state index in [1.54, 1.807) is 17.7 Å². The van der Waals surface area contributed by atoms with Crippen LogP contribution in [0.3, 0.4) is 0 Å². The highest BCUT2D eigenvalue weighted by Crippen LogP contribution is 2.44. The number of hydrogen-bond donors (Lipinski definition) is 1. The summed E-state index contributed by atoms with van der Waals surface area (Å²) in [5.74, 6) is 3.87. The Hall–Kier alpha value is -3.35. The molecule has 1 aliphatic carbocycles. The number of nitrogens with zero attached hydrogens (tertiary/aromatic N) is 3. The minimum absolute atomic E-state index is 0.117. The molecule has 1 saturated carbocycles. The maximum atomic E-state index is 12.6. The predicted octanol–water partition coefficient (Wildman–Crippen LogP) is 5.00. The third-order valence-corrected chi connectivity index (χ3v) is 7.01. The van der Waals surface area contributed by atoms with Crippen molar-refractivity contribution in [2.45, 2.75) is 46.0 Å². The first kappa shape index (κ1) is 23.4. The van der Waals surface area contributed by atoms with Crippen LogP contribution in [0.15, 0.2) is 41.2 Å². The van der Waals surface area contributed by atoms with Crippen molar-refractivity contribution < 1.29 is 9.53 Å². The average Bonchev–Trinajstić information content (AvgIpc) is 3.65. The number of pyridine rings is 2. The van der Waals surface area contributed by atoms with Gasteiger partial charge >= 0.3 is 0 Å². The second-order valence-corrected chi connectivity index (χ2v) is 10.5. The molecule has 1 saturated heterocycles. The quantitative estimate of drug-likeness (QED) is 0.519. The molecule has 0 radical (unpaired) electrons. The number of rotatable bonds is 7. The van der Waals surface area contributed by atoms with Crippen molar-refractivity contribution in [1.82, 2.24) is 9.55 Å². The van der Waals surface area contributed by atoms with Crippen LogP contribution in [0.25, 0.3) is 10.9 Å². The zero-order valence-corrected chi connectivity index (χ0v) is 21.0. The normalized spacial score (nSPS) is 20.2. The number of aromatic nitrogens is 2. The second-order valence-electron chi connectivity index (χ2n) is 10.5. The van der Waals surface area contributed by atoms with Crippen LogP contribution in [-0.4, -0.2) is 35.0 Å². The summed E-state index contributed by atoms with van der Waals surface area (Å²) < 4.78 is 7.04. The zero-order valence-electron chi connectivity index (χ0n) is 21.0. The SMILES string of the molecule is CC(=O)COc1cc2cc(Nc3nc(N4C[C@H](C)C[C@H](C)C4)ccc3C3CC3)ccc2n(C)c1=O. The maximum absolute atomic E-state index is 12.6. The number of piperidine rings is 1. The minimum atomic E-state index is -0.255. The van der Waals surface area contributed by atoms with E-state index in [1.807, 2.05) is 18.2 Å². The fourth-order valence-electron chi connectivity index (χ4n) is 5.26. The molecule has 184 valence electrons. The largest absolute Gasteiger partial charge is 0.480 e. The molecule has 2 aromatic heterocycles. The van der Waals surface area contributed by atoms with Crippen molar-refractivity contribution >= 4 is 34.0 Å². The maximum Gasteiger partial charge on any atom is 0.293 e. The molecule has 2 atom stereocenters. The van der Waals surface area contributed by atoms with Gasteiger partial charge in [0.05, 0.1) is 5.52 Å². The van der Waals surface area contributed by atoms with Gasteiger partial charge in [-0.3, -0.25) is 9.59 Å². The third kappa shape index (κ3) is 5.04. The Labute approximate surface area is 206 Å². The Morgan fingerprint density at radius 2 is 1.86 bits per heavy atom.